The molecule has 2 aromatic rings. The van der Waals surface area contributed by atoms with Crippen LogP contribution in [0.2, 0.25) is 0 Å². The number of hydrogen-bond donors (Lipinski definition) is 1. The minimum Gasteiger partial charge on any atom is -0.480 e. The first-order valence-corrected chi connectivity index (χ1v) is 11.0. The zero-order valence-electron chi connectivity index (χ0n) is 17.0. The number of thiocarbonyl (C=S) groups is 1. The molecule has 7 nitrogen and oxygen atoms in total. The van der Waals surface area contributed by atoms with Gasteiger partial charge in [0.2, 0.25) is 0 Å². The second-order valence-corrected chi connectivity index (χ2v) is 8.37. The number of benzene rings is 1. The van der Waals surface area contributed by atoms with Crippen molar-refractivity contribution in [1.82, 2.24) is 4.90 Å². The van der Waals surface area contributed by atoms with E-state index >= 15 is 0 Å². The third-order valence-corrected chi connectivity index (χ3v) is 5.89. The van der Waals surface area contributed by atoms with Gasteiger partial charge in [-0.2, -0.15) is 0 Å². The molecule has 1 fully saturated rings. The van der Waals surface area contributed by atoms with Crippen LogP contribution in [0.25, 0.3) is 17.4 Å². The van der Waals surface area contributed by atoms with Gasteiger partial charge in [-0.1, -0.05) is 49.5 Å². The molecule has 1 atom stereocenters. The Kier molecular flexibility index (Phi) is 7.29. The molecule has 1 N–H and O–H groups in total. The van der Waals surface area contributed by atoms with Crippen LogP contribution in [-0.4, -0.2) is 44.8 Å². The normalized spacial score (nSPS) is 16.1. The molecule has 2 heterocycles. The smallest absolute Gasteiger partial charge is 0.338 e. The zero-order valence-corrected chi connectivity index (χ0v) is 18.6. The molecule has 0 spiro atoms. The van der Waals surface area contributed by atoms with Crippen LogP contribution in [0.4, 0.5) is 0 Å². The van der Waals surface area contributed by atoms with Crippen molar-refractivity contribution in [3.05, 3.63) is 52.6 Å². The molecule has 1 amide bonds. The van der Waals surface area contributed by atoms with Crippen LogP contribution in [0.5, 0.6) is 0 Å². The maximum atomic E-state index is 12.8. The molecule has 0 radical (unpaired) electrons. The number of carboxylic acid groups (broad SMARTS) is 1. The van der Waals surface area contributed by atoms with Gasteiger partial charge in [0, 0.05) is 11.6 Å². The maximum Gasteiger partial charge on any atom is 0.338 e. The molecule has 1 saturated heterocycles. The summed E-state index contributed by atoms with van der Waals surface area (Å²) in [6.07, 6.45) is 2.49. The maximum absolute atomic E-state index is 12.8. The van der Waals surface area contributed by atoms with Crippen molar-refractivity contribution in [1.29, 1.82) is 0 Å². The molecule has 1 unspecified atom stereocenters. The number of hydrogen-bond acceptors (Lipinski definition) is 7. The van der Waals surface area contributed by atoms with Crippen molar-refractivity contribution in [3.63, 3.8) is 0 Å². The molecule has 0 bridgehead atoms. The van der Waals surface area contributed by atoms with Crippen LogP contribution in [0.3, 0.4) is 0 Å². The number of thioether (sulfide) groups is 1. The second kappa shape index (κ2) is 9.93. The highest BCUT2D eigenvalue weighted by molar-refractivity contribution is 8.26. The first kappa shape index (κ1) is 22.8. The Labute approximate surface area is 189 Å². The Hall–Kier alpha value is -2.91. The van der Waals surface area contributed by atoms with Crippen molar-refractivity contribution >= 4 is 52.2 Å². The highest BCUT2D eigenvalue weighted by atomic mass is 32.2. The number of ether oxygens (including phenoxy) is 1. The summed E-state index contributed by atoms with van der Waals surface area (Å²) in [6.45, 7) is 3.91. The van der Waals surface area contributed by atoms with E-state index in [1.54, 1.807) is 49.4 Å². The lowest BCUT2D eigenvalue weighted by Crippen LogP contribution is -2.43. The fourth-order valence-electron chi connectivity index (χ4n) is 3.08. The highest BCUT2D eigenvalue weighted by Crippen LogP contribution is 2.35. The number of furan rings is 1. The van der Waals surface area contributed by atoms with E-state index in [1.807, 2.05) is 6.92 Å². The first-order valence-electron chi connectivity index (χ1n) is 9.73. The van der Waals surface area contributed by atoms with Crippen molar-refractivity contribution in [3.8, 4) is 11.3 Å². The van der Waals surface area contributed by atoms with E-state index in [0.717, 1.165) is 22.2 Å². The van der Waals surface area contributed by atoms with Crippen LogP contribution in [0.1, 0.15) is 42.8 Å². The van der Waals surface area contributed by atoms with Crippen molar-refractivity contribution in [2.45, 2.75) is 32.7 Å². The topological polar surface area (TPSA) is 97.1 Å². The van der Waals surface area contributed by atoms with Crippen LogP contribution in [-0.2, 0) is 14.3 Å². The molecule has 1 aromatic carbocycles. The van der Waals surface area contributed by atoms with E-state index in [1.165, 1.54) is 0 Å². The number of carbonyl (C=O) groups is 3. The van der Waals surface area contributed by atoms with Gasteiger partial charge in [0.1, 0.15) is 21.9 Å². The third-order valence-electron chi connectivity index (χ3n) is 4.56. The Bertz CT molecular complexity index is 1040. The monoisotopic (exact) mass is 459 g/mol. The highest BCUT2D eigenvalue weighted by Gasteiger charge is 2.40. The number of nitrogens with zero attached hydrogens (tertiary/aromatic N) is 1. The number of aliphatic carboxylic acids is 1. The molecule has 31 heavy (non-hydrogen) atoms. The van der Waals surface area contributed by atoms with E-state index in [0.29, 0.717) is 41.4 Å². The fraction of sp³-hybridized carbons (Fsp3) is 0.273. The summed E-state index contributed by atoms with van der Waals surface area (Å²) in [5, 5.41) is 9.46. The second-order valence-electron chi connectivity index (χ2n) is 6.69. The molecular formula is C22H21NO6S2. The van der Waals surface area contributed by atoms with Crippen molar-refractivity contribution in [2.75, 3.05) is 6.61 Å². The summed E-state index contributed by atoms with van der Waals surface area (Å²) in [5.41, 5.74) is 1.20. The van der Waals surface area contributed by atoms with Crippen LogP contribution in [0, 0.1) is 0 Å². The van der Waals surface area contributed by atoms with Crippen LogP contribution < -0.4 is 0 Å². The quantitative estimate of drug-likeness (QED) is 0.348. The summed E-state index contributed by atoms with van der Waals surface area (Å²) in [4.78, 5) is 37.6. The average Bonchev–Trinajstić information content (AvgIpc) is 3.31. The van der Waals surface area contributed by atoms with Gasteiger partial charge in [-0.25, -0.2) is 9.59 Å². The van der Waals surface area contributed by atoms with E-state index in [2.05, 4.69) is 0 Å². The van der Waals surface area contributed by atoms with Gasteiger partial charge >= 0.3 is 11.9 Å². The number of carbonyl (C=O) groups excluding carboxylic acids is 2. The summed E-state index contributed by atoms with van der Waals surface area (Å²) in [6, 6.07) is 9.28. The first-order chi connectivity index (χ1) is 14.8. The van der Waals surface area contributed by atoms with E-state index in [-0.39, 0.29) is 10.3 Å². The van der Waals surface area contributed by atoms with E-state index in [4.69, 9.17) is 21.4 Å². The number of amides is 1. The Morgan fingerprint density at radius 2 is 1.94 bits per heavy atom. The Balaban J connectivity index is 1.78. The molecule has 0 saturated carbocycles. The zero-order chi connectivity index (χ0) is 22.5. The summed E-state index contributed by atoms with van der Waals surface area (Å²) >= 11 is 6.31. The van der Waals surface area contributed by atoms with Gasteiger partial charge in [0.05, 0.1) is 17.1 Å². The number of esters is 1. The fourth-order valence-corrected chi connectivity index (χ4v) is 4.42. The van der Waals surface area contributed by atoms with E-state index in [9.17, 15) is 19.5 Å². The predicted molar refractivity (Wildman–Crippen MR) is 121 cm³/mol. The molecular weight excluding hydrogens is 438 g/mol. The minimum absolute atomic E-state index is 0.221. The van der Waals surface area contributed by atoms with Gasteiger partial charge in [-0.15, -0.1) is 0 Å². The van der Waals surface area contributed by atoms with Gasteiger partial charge in [-0.05, 0) is 37.6 Å². The SMILES string of the molecule is CCCC(C(=O)O)N1C(=O)/C(=C/c2ccc(-c3ccc(C(=O)OCC)cc3)o2)SC1=S. The Morgan fingerprint density at radius 3 is 2.55 bits per heavy atom. The van der Waals surface area contributed by atoms with Crippen molar-refractivity contribution in [2.24, 2.45) is 0 Å². The van der Waals surface area contributed by atoms with Crippen molar-refractivity contribution < 1.29 is 28.6 Å². The summed E-state index contributed by atoms with van der Waals surface area (Å²) in [5.74, 6) is -0.906. The number of carboxylic acids is 1. The minimum atomic E-state index is -1.08. The largest absolute Gasteiger partial charge is 0.480 e. The van der Waals surface area contributed by atoms with Gasteiger partial charge in [-0.3, -0.25) is 9.69 Å². The van der Waals surface area contributed by atoms with Gasteiger partial charge < -0.3 is 14.3 Å². The number of rotatable bonds is 8. The molecule has 3 rings (SSSR count). The third kappa shape index (κ3) is 5.05. The summed E-state index contributed by atoms with van der Waals surface area (Å²) < 4.78 is 11.0. The van der Waals surface area contributed by atoms with Gasteiger partial charge in [0.25, 0.3) is 5.91 Å². The molecule has 0 aliphatic carbocycles. The predicted octanol–water partition coefficient (Wildman–Crippen LogP) is 4.58. The lowest BCUT2D eigenvalue weighted by molar-refractivity contribution is -0.145. The van der Waals surface area contributed by atoms with E-state index < -0.39 is 17.9 Å². The molecule has 162 valence electrons. The molecule has 1 aliphatic rings. The average molecular weight is 460 g/mol. The molecule has 1 aliphatic heterocycles. The van der Waals surface area contributed by atoms with Gasteiger partial charge in [0.15, 0.2) is 0 Å². The molecule has 1 aromatic heterocycles. The lowest BCUT2D eigenvalue weighted by atomic mass is 10.1. The standard InChI is InChI=1S/C22H21NO6S2/c1-3-5-16(20(25)26)23-19(24)18(31-22(23)30)12-15-10-11-17(29-15)13-6-8-14(9-7-13)21(27)28-4-2/h6-12,16H,3-5H2,1-2H3,(H,25,26)/b18-12-. The Morgan fingerprint density at radius 1 is 1.23 bits per heavy atom. The summed E-state index contributed by atoms with van der Waals surface area (Å²) in [7, 11) is 0. The van der Waals surface area contributed by atoms with Crippen LogP contribution in [0.15, 0.2) is 45.7 Å². The lowest BCUT2D eigenvalue weighted by Gasteiger charge is -2.22. The molecule has 9 heteroatoms. The van der Waals surface area contributed by atoms with Crippen LogP contribution >= 0.6 is 24.0 Å².